The molecule has 0 unspecified atom stereocenters. The largest absolute Gasteiger partial charge is 0.733 e. The SMILES string of the molecule is Nc1nc(Nc2ccc(N([O-])O)cc2)nn1-c1cc(Nc2ccccc2)ncn1. The normalized spacial score (nSPS) is 10.6. The van der Waals surface area contributed by atoms with Gasteiger partial charge < -0.3 is 26.8 Å². The summed E-state index contributed by atoms with van der Waals surface area (Å²) >= 11 is 0. The minimum absolute atomic E-state index is 0.105. The second-order valence-electron chi connectivity index (χ2n) is 5.90. The van der Waals surface area contributed by atoms with Crippen LogP contribution in [0.5, 0.6) is 0 Å². The summed E-state index contributed by atoms with van der Waals surface area (Å²) in [5, 5.41) is 30.0. The number of nitrogens with two attached hydrogens (primary N) is 1. The van der Waals surface area contributed by atoms with Crippen LogP contribution in [0.4, 0.5) is 34.8 Å². The third kappa shape index (κ3) is 4.21. The van der Waals surface area contributed by atoms with Gasteiger partial charge in [-0.2, -0.15) is 9.67 Å². The first kappa shape index (κ1) is 18.2. The summed E-state index contributed by atoms with van der Waals surface area (Å²) in [6.45, 7) is 0. The molecule has 29 heavy (non-hydrogen) atoms. The van der Waals surface area contributed by atoms with E-state index in [9.17, 15) is 5.21 Å². The van der Waals surface area contributed by atoms with Crippen LogP contribution in [0, 0.1) is 5.21 Å². The number of aromatic nitrogens is 5. The third-order valence-corrected chi connectivity index (χ3v) is 3.89. The van der Waals surface area contributed by atoms with Gasteiger partial charge in [-0.25, -0.2) is 9.97 Å². The summed E-state index contributed by atoms with van der Waals surface area (Å²) in [4.78, 5) is 12.6. The van der Waals surface area contributed by atoms with Crippen LogP contribution in [0.3, 0.4) is 0 Å². The van der Waals surface area contributed by atoms with Crippen molar-refractivity contribution in [1.29, 1.82) is 0 Å². The zero-order valence-corrected chi connectivity index (χ0v) is 15.0. The summed E-state index contributed by atoms with van der Waals surface area (Å²) in [6.07, 6.45) is 1.40. The van der Waals surface area contributed by atoms with Crippen LogP contribution in [0.1, 0.15) is 0 Å². The fraction of sp³-hybridized carbons (Fsp3) is 0. The van der Waals surface area contributed by atoms with Crippen molar-refractivity contribution in [3.63, 3.8) is 0 Å². The monoisotopic (exact) mass is 390 g/mol. The van der Waals surface area contributed by atoms with Gasteiger partial charge in [-0.1, -0.05) is 18.2 Å². The highest BCUT2D eigenvalue weighted by Gasteiger charge is 2.11. The molecule has 0 bridgehead atoms. The van der Waals surface area contributed by atoms with E-state index in [-0.39, 0.29) is 22.8 Å². The molecule has 0 aliphatic carbocycles. The highest BCUT2D eigenvalue weighted by Crippen LogP contribution is 2.21. The van der Waals surface area contributed by atoms with E-state index in [1.165, 1.54) is 23.1 Å². The zero-order valence-electron chi connectivity index (χ0n) is 15.0. The number of anilines is 6. The molecular formula is C18H16N9O2-. The van der Waals surface area contributed by atoms with Gasteiger partial charge in [0.05, 0.1) is 5.69 Å². The fourth-order valence-corrected chi connectivity index (χ4v) is 2.55. The molecule has 11 heteroatoms. The lowest BCUT2D eigenvalue weighted by Crippen LogP contribution is -2.06. The molecule has 0 radical (unpaired) electrons. The van der Waals surface area contributed by atoms with Gasteiger partial charge >= 0.3 is 0 Å². The average Bonchev–Trinajstić information content (AvgIpc) is 3.09. The Hall–Kier alpha value is -4.22. The van der Waals surface area contributed by atoms with E-state index in [0.717, 1.165) is 5.69 Å². The Balaban J connectivity index is 1.54. The molecule has 2 aromatic carbocycles. The number of nitrogens with zero attached hydrogens (tertiary/aromatic N) is 6. The van der Waals surface area contributed by atoms with Crippen molar-refractivity contribution in [2.24, 2.45) is 0 Å². The maximum Gasteiger partial charge on any atom is 0.248 e. The Morgan fingerprint density at radius 1 is 0.966 bits per heavy atom. The van der Waals surface area contributed by atoms with Crippen LogP contribution >= 0.6 is 0 Å². The molecule has 2 aromatic heterocycles. The number of para-hydroxylation sites is 1. The van der Waals surface area contributed by atoms with Crippen molar-refractivity contribution in [3.8, 4) is 5.82 Å². The number of rotatable bonds is 6. The zero-order chi connectivity index (χ0) is 20.2. The molecule has 0 amide bonds. The number of nitrogen functional groups attached to an aromatic ring is 1. The smallest absolute Gasteiger partial charge is 0.248 e. The summed E-state index contributed by atoms with van der Waals surface area (Å²) in [5.41, 5.74) is 7.58. The molecule has 146 valence electrons. The molecule has 2 heterocycles. The van der Waals surface area contributed by atoms with Crippen LogP contribution in [-0.2, 0) is 0 Å². The van der Waals surface area contributed by atoms with Gasteiger partial charge in [0.25, 0.3) is 0 Å². The number of nitrogens with one attached hydrogen (secondary N) is 2. The molecule has 0 saturated heterocycles. The molecule has 0 aliphatic rings. The lowest BCUT2D eigenvalue weighted by atomic mass is 10.3. The van der Waals surface area contributed by atoms with Crippen LogP contribution in [-0.4, -0.2) is 29.9 Å². The van der Waals surface area contributed by atoms with Gasteiger partial charge in [0.1, 0.15) is 12.1 Å². The van der Waals surface area contributed by atoms with Crippen LogP contribution in [0.15, 0.2) is 67.0 Å². The second-order valence-corrected chi connectivity index (χ2v) is 5.90. The Morgan fingerprint density at radius 3 is 2.41 bits per heavy atom. The molecule has 0 fully saturated rings. The Labute approximate surface area is 165 Å². The standard InChI is InChI=1S/C18H16N9O2/c19-17-24-18(23-13-6-8-14(9-7-13)27(28)29)25-26(17)16-10-15(20-11-21-16)22-12-4-2-1-3-5-12/h1-11,28H,(H,20,21,22)(H3,19,23,24,25)/q-1. The molecule has 0 saturated carbocycles. The summed E-state index contributed by atoms with van der Waals surface area (Å²) in [6, 6.07) is 17.4. The molecule has 4 rings (SSSR count). The van der Waals surface area contributed by atoms with Crippen molar-refractivity contribution in [2.45, 2.75) is 0 Å². The summed E-state index contributed by atoms with van der Waals surface area (Å²) in [5.74, 6) is 1.39. The average molecular weight is 390 g/mol. The minimum atomic E-state index is -0.217. The number of hydrogen-bond donors (Lipinski definition) is 4. The van der Waals surface area contributed by atoms with Gasteiger partial charge in [-0.3, -0.25) is 5.21 Å². The Kier molecular flexibility index (Phi) is 4.88. The molecule has 0 atom stereocenters. The highest BCUT2D eigenvalue weighted by molar-refractivity contribution is 5.60. The predicted molar refractivity (Wildman–Crippen MR) is 108 cm³/mol. The molecule has 0 aliphatic heterocycles. The third-order valence-electron chi connectivity index (χ3n) is 3.89. The minimum Gasteiger partial charge on any atom is -0.733 e. The van der Waals surface area contributed by atoms with E-state index < -0.39 is 0 Å². The van der Waals surface area contributed by atoms with E-state index in [1.54, 1.807) is 18.2 Å². The van der Waals surface area contributed by atoms with E-state index in [1.807, 2.05) is 30.3 Å². The quantitative estimate of drug-likeness (QED) is 0.361. The maximum absolute atomic E-state index is 10.9. The Bertz CT molecular complexity index is 1100. The lowest BCUT2D eigenvalue weighted by Gasteiger charge is -2.21. The molecule has 5 N–H and O–H groups in total. The molecule has 4 aromatic rings. The molecule has 11 nitrogen and oxygen atoms in total. The summed E-state index contributed by atoms with van der Waals surface area (Å²) < 4.78 is 1.38. The first-order valence-corrected chi connectivity index (χ1v) is 8.49. The van der Waals surface area contributed by atoms with Crippen LogP contribution < -0.4 is 21.6 Å². The highest BCUT2D eigenvalue weighted by atomic mass is 16.8. The fourth-order valence-electron chi connectivity index (χ4n) is 2.55. The molecule has 0 spiro atoms. The van der Waals surface area contributed by atoms with Gasteiger partial charge in [-0.15, -0.1) is 5.10 Å². The van der Waals surface area contributed by atoms with E-state index in [4.69, 9.17) is 10.9 Å². The van der Waals surface area contributed by atoms with Crippen molar-refractivity contribution in [2.75, 3.05) is 21.6 Å². The van der Waals surface area contributed by atoms with Gasteiger partial charge in [0.15, 0.2) is 5.82 Å². The van der Waals surface area contributed by atoms with E-state index in [0.29, 0.717) is 17.3 Å². The van der Waals surface area contributed by atoms with Crippen molar-refractivity contribution in [3.05, 3.63) is 72.2 Å². The van der Waals surface area contributed by atoms with Crippen molar-refractivity contribution >= 4 is 34.8 Å². The van der Waals surface area contributed by atoms with E-state index in [2.05, 4.69) is 30.7 Å². The lowest BCUT2D eigenvalue weighted by molar-refractivity contribution is 0.296. The van der Waals surface area contributed by atoms with Crippen molar-refractivity contribution < 1.29 is 5.21 Å². The number of hydrogen-bond acceptors (Lipinski definition) is 10. The summed E-state index contributed by atoms with van der Waals surface area (Å²) in [7, 11) is 0. The maximum atomic E-state index is 10.9. The topological polar surface area (TPSA) is 153 Å². The first-order chi connectivity index (χ1) is 14.1. The van der Waals surface area contributed by atoms with Gasteiger partial charge in [0, 0.05) is 17.4 Å². The van der Waals surface area contributed by atoms with Crippen molar-refractivity contribution in [1.82, 2.24) is 24.7 Å². The van der Waals surface area contributed by atoms with E-state index >= 15 is 0 Å². The second kappa shape index (κ2) is 7.80. The predicted octanol–water partition coefficient (Wildman–Crippen LogP) is 2.82. The molecular weight excluding hydrogens is 374 g/mol. The Morgan fingerprint density at radius 2 is 1.69 bits per heavy atom. The van der Waals surface area contributed by atoms with Crippen LogP contribution in [0.2, 0.25) is 0 Å². The van der Waals surface area contributed by atoms with Crippen LogP contribution in [0.25, 0.3) is 5.82 Å². The number of benzene rings is 2. The van der Waals surface area contributed by atoms with Gasteiger partial charge in [0.2, 0.25) is 11.9 Å². The van der Waals surface area contributed by atoms with Gasteiger partial charge in [-0.05, 0) is 36.4 Å². The first-order valence-electron chi connectivity index (χ1n) is 8.49.